The number of hydrogen-bond donors (Lipinski definition) is 2. The van der Waals surface area contributed by atoms with Gasteiger partial charge in [-0.25, -0.2) is 0 Å². The second-order valence-corrected chi connectivity index (χ2v) is 7.43. The summed E-state index contributed by atoms with van der Waals surface area (Å²) in [7, 11) is 1.83. The Balaban J connectivity index is 0.00000300. The van der Waals surface area contributed by atoms with Crippen LogP contribution in [0.25, 0.3) is 0 Å². The highest BCUT2D eigenvalue weighted by molar-refractivity contribution is 14.0. The van der Waals surface area contributed by atoms with Crippen molar-refractivity contribution in [3.8, 4) is 0 Å². The molecule has 1 aliphatic heterocycles. The number of nitrogens with zero attached hydrogens (tertiary/aromatic N) is 4. The first-order chi connectivity index (χ1) is 13.8. The van der Waals surface area contributed by atoms with Crippen LogP contribution >= 0.6 is 24.0 Å². The third-order valence-electron chi connectivity index (χ3n) is 5.30. The number of halogens is 1. The van der Waals surface area contributed by atoms with Crippen LogP contribution in [0, 0.1) is 0 Å². The zero-order valence-electron chi connectivity index (χ0n) is 17.5. The fourth-order valence-electron chi connectivity index (χ4n) is 3.70. The van der Waals surface area contributed by atoms with E-state index in [0.29, 0.717) is 0 Å². The molecule has 2 N–H and O–H groups in total. The molecule has 7 heteroatoms. The van der Waals surface area contributed by atoms with Crippen molar-refractivity contribution < 1.29 is 0 Å². The maximum Gasteiger partial charge on any atom is 0.191 e. The van der Waals surface area contributed by atoms with Crippen molar-refractivity contribution in [1.29, 1.82) is 0 Å². The topological polar surface area (TPSA) is 57.5 Å². The number of aromatic nitrogens is 2. The summed E-state index contributed by atoms with van der Waals surface area (Å²) in [5, 5.41) is 11.1. The molecule has 1 aliphatic rings. The molecule has 1 aromatic carbocycles. The van der Waals surface area contributed by atoms with Crippen LogP contribution in [0.5, 0.6) is 0 Å². The third-order valence-corrected chi connectivity index (χ3v) is 5.30. The SMILES string of the molecule is CN=C(NCCCn1cccn1)NCc1ccccc1CN1CCCCCC1.I. The van der Waals surface area contributed by atoms with Gasteiger partial charge in [0, 0.05) is 45.6 Å². The first kappa shape index (κ1) is 23.7. The van der Waals surface area contributed by atoms with Crippen LogP contribution in [0.15, 0.2) is 47.7 Å². The second-order valence-electron chi connectivity index (χ2n) is 7.43. The van der Waals surface area contributed by atoms with E-state index < -0.39 is 0 Å². The first-order valence-corrected chi connectivity index (χ1v) is 10.6. The van der Waals surface area contributed by atoms with E-state index in [4.69, 9.17) is 0 Å². The lowest BCUT2D eigenvalue weighted by Gasteiger charge is -2.22. The summed E-state index contributed by atoms with van der Waals surface area (Å²) in [5.74, 6) is 0.852. The monoisotopic (exact) mass is 510 g/mol. The molecule has 0 amide bonds. The van der Waals surface area contributed by atoms with Gasteiger partial charge in [0.2, 0.25) is 0 Å². The molecule has 0 radical (unpaired) electrons. The van der Waals surface area contributed by atoms with E-state index >= 15 is 0 Å². The van der Waals surface area contributed by atoms with Crippen LogP contribution < -0.4 is 10.6 Å². The van der Waals surface area contributed by atoms with Crippen LogP contribution in [0.3, 0.4) is 0 Å². The van der Waals surface area contributed by atoms with Crippen LogP contribution in [-0.2, 0) is 19.6 Å². The van der Waals surface area contributed by atoms with E-state index in [1.807, 2.05) is 30.2 Å². The maximum atomic E-state index is 4.36. The average molecular weight is 510 g/mol. The molecule has 0 unspecified atom stereocenters. The highest BCUT2D eigenvalue weighted by Gasteiger charge is 2.11. The molecular weight excluding hydrogens is 475 g/mol. The van der Waals surface area contributed by atoms with Crippen molar-refractivity contribution in [2.45, 2.75) is 51.7 Å². The van der Waals surface area contributed by atoms with Gasteiger partial charge in [0.1, 0.15) is 0 Å². The molecule has 0 saturated carbocycles. The molecule has 0 spiro atoms. The molecule has 2 aromatic rings. The first-order valence-electron chi connectivity index (χ1n) is 10.6. The van der Waals surface area contributed by atoms with Gasteiger partial charge in [-0.15, -0.1) is 24.0 Å². The Kier molecular flexibility index (Phi) is 11.1. The summed E-state index contributed by atoms with van der Waals surface area (Å²) >= 11 is 0. The van der Waals surface area contributed by atoms with Gasteiger partial charge in [0.15, 0.2) is 5.96 Å². The number of rotatable bonds is 8. The zero-order valence-corrected chi connectivity index (χ0v) is 19.8. The van der Waals surface area contributed by atoms with Gasteiger partial charge >= 0.3 is 0 Å². The summed E-state index contributed by atoms with van der Waals surface area (Å²) < 4.78 is 1.96. The van der Waals surface area contributed by atoms with E-state index in [0.717, 1.165) is 38.6 Å². The Hall–Kier alpha value is -1.61. The Morgan fingerprint density at radius 3 is 2.48 bits per heavy atom. The van der Waals surface area contributed by atoms with Gasteiger partial charge in [0.25, 0.3) is 0 Å². The molecule has 0 aliphatic carbocycles. The molecular formula is C22H35IN6. The largest absolute Gasteiger partial charge is 0.356 e. The van der Waals surface area contributed by atoms with E-state index in [-0.39, 0.29) is 24.0 Å². The van der Waals surface area contributed by atoms with Crippen molar-refractivity contribution in [2.75, 3.05) is 26.7 Å². The molecule has 6 nitrogen and oxygen atoms in total. The minimum Gasteiger partial charge on any atom is -0.356 e. The Bertz CT molecular complexity index is 708. The smallest absolute Gasteiger partial charge is 0.191 e. The van der Waals surface area contributed by atoms with Crippen LogP contribution in [0.1, 0.15) is 43.2 Å². The van der Waals surface area contributed by atoms with E-state index in [2.05, 4.69) is 49.9 Å². The van der Waals surface area contributed by atoms with Crippen molar-refractivity contribution in [3.63, 3.8) is 0 Å². The Morgan fingerprint density at radius 1 is 1.03 bits per heavy atom. The number of aliphatic imine (C=N–C) groups is 1. The predicted octanol–water partition coefficient (Wildman–Crippen LogP) is 3.63. The molecule has 160 valence electrons. The van der Waals surface area contributed by atoms with Crippen molar-refractivity contribution in [3.05, 3.63) is 53.9 Å². The lowest BCUT2D eigenvalue weighted by molar-refractivity contribution is 0.276. The molecule has 2 heterocycles. The Labute approximate surface area is 192 Å². The molecule has 1 saturated heterocycles. The zero-order chi connectivity index (χ0) is 19.4. The third kappa shape index (κ3) is 8.34. The summed E-state index contributed by atoms with van der Waals surface area (Å²) in [5.41, 5.74) is 2.78. The van der Waals surface area contributed by atoms with Gasteiger partial charge in [-0.05, 0) is 49.5 Å². The van der Waals surface area contributed by atoms with E-state index in [1.54, 1.807) is 0 Å². The normalized spacial score (nSPS) is 15.4. The molecule has 3 rings (SSSR count). The maximum absolute atomic E-state index is 4.36. The van der Waals surface area contributed by atoms with Crippen LogP contribution in [-0.4, -0.2) is 47.3 Å². The number of aryl methyl sites for hydroxylation is 1. The van der Waals surface area contributed by atoms with Gasteiger partial charge in [0.05, 0.1) is 0 Å². The van der Waals surface area contributed by atoms with Gasteiger partial charge < -0.3 is 10.6 Å². The number of likely N-dealkylation sites (tertiary alicyclic amines) is 1. The van der Waals surface area contributed by atoms with Gasteiger partial charge in [-0.3, -0.25) is 14.6 Å². The lowest BCUT2D eigenvalue weighted by Crippen LogP contribution is -2.37. The summed E-state index contributed by atoms with van der Waals surface area (Å²) in [6.07, 6.45) is 10.2. The minimum absolute atomic E-state index is 0. The molecule has 0 atom stereocenters. The summed E-state index contributed by atoms with van der Waals surface area (Å²) in [4.78, 5) is 6.96. The lowest BCUT2D eigenvalue weighted by atomic mass is 10.1. The van der Waals surface area contributed by atoms with Crippen LogP contribution in [0.2, 0.25) is 0 Å². The second kappa shape index (κ2) is 13.6. The Morgan fingerprint density at radius 2 is 1.79 bits per heavy atom. The fourth-order valence-corrected chi connectivity index (χ4v) is 3.70. The highest BCUT2D eigenvalue weighted by atomic mass is 127. The summed E-state index contributed by atoms with van der Waals surface area (Å²) in [6.45, 7) is 6.07. The van der Waals surface area contributed by atoms with Crippen LogP contribution in [0.4, 0.5) is 0 Å². The van der Waals surface area contributed by atoms with Gasteiger partial charge in [-0.1, -0.05) is 37.1 Å². The molecule has 1 fully saturated rings. The van der Waals surface area contributed by atoms with E-state index in [1.165, 1.54) is 49.9 Å². The quantitative estimate of drug-likeness (QED) is 0.247. The van der Waals surface area contributed by atoms with Crippen molar-refractivity contribution >= 4 is 29.9 Å². The van der Waals surface area contributed by atoms with Crippen molar-refractivity contribution in [1.82, 2.24) is 25.3 Å². The number of benzene rings is 1. The summed E-state index contributed by atoms with van der Waals surface area (Å²) in [6, 6.07) is 10.7. The van der Waals surface area contributed by atoms with Gasteiger partial charge in [-0.2, -0.15) is 5.10 Å². The van der Waals surface area contributed by atoms with E-state index in [9.17, 15) is 0 Å². The standard InChI is InChI=1S/C22H34N6.HI/c1-23-22(24-12-8-16-28-17-9-13-26-28)25-18-20-10-4-5-11-21(20)19-27-14-6-2-3-7-15-27;/h4-5,9-11,13,17H,2-3,6-8,12,14-16,18-19H2,1H3,(H2,23,24,25);1H. The number of hydrogen-bond acceptors (Lipinski definition) is 3. The predicted molar refractivity (Wildman–Crippen MR) is 131 cm³/mol. The average Bonchev–Trinajstić information content (AvgIpc) is 3.11. The van der Waals surface area contributed by atoms with Crippen molar-refractivity contribution in [2.24, 2.45) is 4.99 Å². The molecule has 29 heavy (non-hydrogen) atoms. The molecule has 0 bridgehead atoms. The minimum atomic E-state index is 0. The number of nitrogens with one attached hydrogen (secondary N) is 2. The molecule has 1 aromatic heterocycles. The highest BCUT2D eigenvalue weighted by Crippen LogP contribution is 2.16. The fraction of sp³-hybridized carbons (Fsp3) is 0.545. The number of guanidine groups is 1.